The van der Waals surface area contributed by atoms with Crippen LogP contribution in [-0.2, 0) is 10.5 Å². The molecule has 1 atom stereocenters. The average molecular weight is 293 g/mol. The highest BCUT2D eigenvalue weighted by Crippen LogP contribution is 2.19. The summed E-state index contributed by atoms with van der Waals surface area (Å²) < 4.78 is 5.19. The SMILES string of the molecule is Cc1cccc(-c2nc(CSC[C@H](N)C(=O)O)no2)c1. The van der Waals surface area contributed by atoms with E-state index >= 15 is 0 Å². The second-order valence-electron chi connectivity index (χ2n) is 4.35. The van der Waals surface area contributed by atoms with Crippen molar-refractivity contribution in [3.05, 3.63) is 35.7 Å². The molecule has 0 amide bonds. The lowest BCUT2D eigenvalue weighted by Gasteiger charge is -2.03. The number of hydrogen-bond acceptors (Lipinski definition) is 6. The van der Waals surface area contributed by atoms with Crippen molar-refractivity contribution in [3.8, 4) is 11.5 Å². The van der Waals surface area contributed by atoms with Gasteiger partial charge in [-0.2, -0.15) is 16.7 Å². The lowest BCUT2D eigenvalue weighted by Crippen LogP contribution is -2.32. The van der Waals surface area contributed by atoms with E-state index in [9.17, 15) is 4.79 Å². The molecule has 0 unspecified atom stereocenters. The number of carboxylic acid groups (broad SMARTS) is 1. The largest absolute Gasteiger partial charge is 0.480 e. The third-order valence-corrected chi connectivity index (χ3v) is 3.64. The van der Waals surface area contributed by atoms with Gasteiger partial charge in [-0.15, -0.1) is 0 Å². The predicted molar refractivity (Wildman–Crippen MR) is 76.2 cm³/mol. The number of aromatic nitrogens is 2. The molecule has 1 aromatic carbocycles. The summed E-state index contributed by atoms with van der Waals surface area (Å²) in [6.45, 7) is 1.99. The fourth-order valence-electron chi connectivity index (χ4n) is 1.56. The normalized spacial score (nSPS) is 12.3. The summed E-state index contributed by atoms with van der Waals surface area (Å²) in [6, 6.07) is 6.91. The Kier molecular flexibility index (Phi) is 4.75. The van der Waals surface area contributed by atoms with Crippen molar-refractivity contribution in [1.82, 2.24) is 10.1 Å². The van der Waals surface area contributed by atoms with E-state index in [0.29, 0.717) is 23.2 Å². The molecule has 0 spiro atoms. The third-order valence-electron chi connectivity index (χ3n) is 2.58. The van der Waals surface area contributed by atoms with Crippen LogP contribution in [0, 0.1) is 6.92 Å². The highest BCUT2D eigenvalue weighted by Gasteiger charge is 2.13. The van der Waals surface area contributed by atoms with Crippen LogP contribution in [-0.4, -0.2) is 33.0 Å². The van der Waals surface area contributed by atoms with E-state index in [2.05, 4.69) is 10.1 Å². The minimum absolute atomic E-state index is 0.309. The first kappa shape index (κ1) is 14.5. The first-order valence-corrected chi connectivity index (χ1v) is 7.17. The number of nitrogens with two attached hydrogens (primary N) is 1. The number of carbonyl (C=O) groups is 1. The molecule has 3 N–H and O–H groups in total. The van der Waals surface area contributed by atoms with Crippen LogP contribution in [0.4, 0.5) is 0 Å². The molecule has 0 radical (unpaired) electrons. The highest BCUT2D eigenvalue weighted by atomic mass is 32.2. The van der Waals surface area contributed by atoms with E-state index in [1.54, 1.807) is 0 Å². The molecule has 1 heterocycles. The molecule has 2 rings (SSSR count). The van der Waals surface area contributed by atoms with Gasteiger partial charge in [0.05, 0.1) is 5.75 Å². The van der Waals surface area contributed by atoms with Crippen LogP contribution in [0.25, 0.3) is 11.5 Å². The van der Waals surface area contributed by atoms with E-state index in [1.165, 1.54) is 11.8 Å². The van der Waals surface area contributed by atoms with Gasteiger partial charge in [-0.3, -0.25) is 4.79 Å². The summed E-state index contributed by atoms with van der Waals surface area (Å²) in [5.41, 5.74) is 7.40. The lowest BCUT2D eigenvalue weighted by atomic mass is 10.1. The molecule has 7 heteroatoms. The minimum atomic E-state index is -1.01. The monoisotopic (exact) mass is 293 g/mol. The van der Waals surface area contributed by atoms with Gasteiger partial charge in [-0.05, 0) is 19.1 Å². The van der Waals surface area contributed by atoms with E-state index in [4.69, 9.17) is 15.4 Å². The van der Waals surface area contributed by atoms with E-state index in [0.717, 1.165) is 11.1 Å². The van der Waals surface area contributed by atoms with Crippen molar-refractivity contribution in [1.29, 1.82) is 0 Å². The molecular weight excluding hydrogens is 278 g/mol. The molecule has 0 saturated carbocycles. The van der Waals surface area contributed by atoms with Crippen molar-refractivity contribution < 1.29 is 14.4 Å². The zero-order chi connectivity index (χ0) is 14.5. The highest BCUT2D eigenvalue weighted by molar-refractivity contribution is 7.98. The number of carboxylic acids is 1. The summed E-state index contributed by atoms with van der Waals surface area (Å²) in [5.74, 6) is 0.766. The van der Waals surface area contributed by atoms with Crippen LogP contribution in [0.1, 0.15) is 11.4 Å². The Morgan fingerprint density at radius 1 is 1.55 bits per heavy atom. The average Bonchev–Trinajstić information content (AvgIpc) is 2.87. The predicted octanol–water partition coefficient (Wildman–Crippen LogP) is 1.69. The molecule has 106 valence electrons. The summed E-state index contributed by atoms with van der Waals surface area (Å²) in [5, 5.41) is 12.5. The summed E-state index contributed by atoms with van der Waals surface area (Å²) in [7, 11) is 0. The van der Waals surface area contributed by atoms with Gasteiger partial charge in [0.1, 0.15) is 6.04 Å². The van der Waals surface area contributed by atoms with Crippen molar-refractivity contribution >= 4 is 17.7 Å². The van der Waals surface area contributed by atoms with Crippen LogP contribution in [0.3, 0.4) is 0 Å². The van der Waals surface area contributed by atoms with Crippen LogP contribution in [0.5, 0.6) is 0 Å². The minimum Gasteiger partial charge on any atom is -0.480 e. The van der Waals surface area contributed by atoms with Crippen molar-refractivity contribution in [2.45, 2.75) is 18.7 Å². The molecule has 0 fully saturated rings. The molecule has 1 aromatic heterocycles. The number of thioether (sulfide) groups is 1. The fourth-order valence-corrected chi connectivity index (χ4v) is 2.37. The maximum Gasteiger partial charge on any atom is 0.321 e. The number of rotatable bonds is 6. The molecule has 20 heavy (non-hydrogen) atoms. The molecule has 0 aliphatic carbocycles. The quantitative estimate of drug-likeness (QED) is 0.835. The second-order valence-corrected chi connectivity index (χ2v) is 5.38. The fraction of sp³-hybridized carbons (Fsp3) is 0.308. The smallest absolute Gasteiger partial charge is 0.321 e. The van der Waals surface area contributed by atoms with Gasteiger partial charge in [0.15, 0.2) is 5.82 Å². The topological polar surface area (TPSA) is 102 Å². The molecule has 0 bridgehead atoms. The van der Waals surface area contributed by atoms with Crippen LogP contribution in [0.15, 0.2) is 28.8 Å². The number of aliphatic carboxylic acids is 1. The molecule has 2 aromatic rings. The first-order chi connectivity index (χ1) is 9.56. The van der Waals surface area contributed by atoms with E-state index in [-0.39, 0.29) is 0 Å². The van der Waals surface area contributed by atoms with E-state index in [1.807, 2.05) is 31.2 Å². The van der Waals surface area contributed by atoms with Gasteiger partial charge in [0.25, 0.3) is 5.89 Å². The maximum atomic E-state index is 10.6. The second kappa shape index (κ2) is 6.53. The van der Waals surface area contributed by atoms with Crippen LogP contribution >= 0.6 is 11.8 Å². The van der Waals surface area contributed by atoms with E-state index < -0.39 is 12.0 Å². The third kappa shape index (κ3) is 3.82. The molecule has 0 aliphatic heterocycles. The molecule has 0 aliphatic rings. The van der Waals surface area contributed by atoms with Gasteiger partial charge >= 0.3 is 5.97 Å². The van der Waals surface area contributed by atoms with Gasteiger partial charge < -0.3 is 15.4 Å². The number of benzene rings is 1. The van der Waals surface area contributed by atoms with Gasteiger partial charge in [0.2, 0.25) is 0 Å². The molecule has 6 nitrogen and oxygen atoms in total. The maximum absolute atomic E-state index is 10.6. The molecule has 0 saturated heterocycles. The zero-order valence-corrected chi connectivity index (χ0v) is 11.8. The van der Waals surface area contributed by atoms with Gasteiger partial charge in [0, 0.05) is 11.3 Å². The zero-order valence-electron chi connectivity index (χ0n) is 10.9. The number of aryl methyl sites for hydroxylation is 1. The summed E-state index contributed by atoms with van der Waals surface area (Å²) in [4.78, 5) is 14.9. The Labute approximate surface area is 120 Å². The Morgan fingerprint density at radius 2 is 2.35 bits per heavy atom. The molecular formula is C13H15N3O3S. The Balaban J connectivity index is 1.94. The number of hydrogen-bond donors (Lipinski definition) is 2. The van der Waals surface area contributed by atoms with Crippen molar-refractivity contribution in [3.63, 3.8) is 0 Å². The van der Waals surface area contributed by atoms with Gasteiger partial charge in [-0.1, -0.05) is 22.9 Å². The Hall–Kier alpha value is -1.86. The first-order valence-electron chi connectivity index (χ1n) is 6.02. The Bertz CT molecular complexity index is 600. The van der Waals surface area contributed by atoms with Crippen LogP contribution < -0.4 is 5.73 Å². The standard InChI is InChI=1S/C13H15N3O3S/c1-8-3-2-4-9(5-8)12-15-11(16-19-12)7-20-6-10(14)13(17)18/h2-5,10H,6-7,14H2,1H3,(H,17,18)/t10-/m0/s1. The van der Waals surface area contributed by atoms with Gasteiger partial charge in [-0.25, -0.2) is 0 Å². The summed E-state index contributed by atoms with van der Waals surface area (Å²) in [6.07, 6.45) is 0. The van der Waals surface area contributed by atoms with Crippen molar-refractivity contribution in [2.75, 3.05) is 5.75 Å². The number of nitrogens with zero attached hydrogens (tertiary/aromatic N) is 2. The summed E-state index contributed by atoms with van der Waals surface area (Å²) >= 11 is 1.36. The lowest BCUT2D eigenvalue weighted by molar-refractivity contribution is -0.137. The Morgan fingerprint density at radius 3 is 3.05 bits per heavy atom. The van der Waals surface area contributed by atoms with Crippen molar-refractivity contribution in [2.24, 2.45) is 5.73 Å². The van der Waals surface area contributed by atoms with Crippen LogP contribution in [0.2, 0.25) is 0 Å².